The Kier molecular flexibility index (Phi) is 3.18. The molecule has 0 aliphatic rings. The number of para-hydroxylation sites is 1. The van der Waals surface area contributed by atoms with Crippen LogP contribution in [0.4, 0.5) is 0 Å². The van der Waals surface area contributed by atoms with Gasteiger partial charge in [0, 0.05) is 11.1 Å². The van der Waals surface area contributed by atoms with Crippen molar-refractivity contribution >= 4 is 16.9 Å². The van der Waals surface area contributed by atoms with Crippen molar-refractivity contribution in [2.45, 2.75) is 33.1 Å². The Morgan fingerprint density at radius 3 is 2.82 bits per heavy atom. The molecular weight excluding hydrogens is 214 g/mol. The van der Waals surface area contributed by atoms with Crippen molar-refractivity contribution in [1.29, 1.82) is 0 Å². The van der Waals surface area contributed by atoms with Crippen LogP contribution in [0.5, 0.6) is 0 Å². The van der Waals surface area contributed by atoms with Gasteiger partial charge in [0.25, 0.3) is 0 Å². The summed E-state index contributed by atoms with van der Waals surface area (Å²) in [5, 5.41) is 10.2. The van der Waals surface area contributed by atoms with E-state index in [0.717, 1.165) is 35.9 Å². The number of hydrogen-bond donors (Lipinski definition) is 2. The quantitative estimate of drug-likeness (QED) is 0.845. The Bertz CT molecular complexity index is 555. The lowest BCUT2D eigenvalue weighted by molar-refractivity contribution is 0.0699. The Balaban J connectivity index is 2.59. The zero-order valence-electron chi connectivity index (χ0n) is 10.2. The number of carboxylic acids is 1. The summed E-state index contributed by atoms with van der Waals surface area (Å²) in [6.07, 6.45) is 3.28. The van der Waals surface area contributed by atoms with E-state index in [2.05, 4.69) is 11.9 Å². The molecule has 17 heavy (non-hydrogen) atoms. The zero-order chi connectivity index (χ0) is 12.4. The first kappa shape index (κ1) is 11.7. The molecule has 2 aromatic rings. The smallest absolute Gasteiger partial charge is 0.337 e. The molecule has 0 fully saturated rings. The lowest BCUT2D eigenvalue weighted by atomic mass is 10.0. The van der Waals surface area contributed by atoms with Gasteiger partial charge >= 0.3 is 5.97 Å². The summed E-state index contributed by atoms with van der Waals surface area (Å²) >= 11 is 0. The van der Waals surface area contributed by atoms with Crippen molar-refractivity contribution < 1.29 is 9.90 Å². The molecule has 0 bridgehead atoms. The zero-order valence-corrected chi connectivity index (χ0v) is 10.2. The number of hydrogen-bond acceptors (Lipinski definition) is 1. The standard InChI is InChI=1S/C14H17NO2/c1-3-4-6-10-9(2)15-13-11(10)7-5-8-12(13)14(16)17/h5,7-8,15H,3-4,6H2,1-2H3,(H,16,17). The monoisotopic (exact) mass is 231 g/mol. The van der Waals surface area contributed by atoms with Gasteiger partial charge in [0.05, 0.1) is 11.1 Å². The minimum atomic E-state index is -0.876. The maximum atomic E-state index is 11.1. The summed E-state index contributed by atoms with van der Waals surface area (Å²) < 4.78 is 0. The number of H-pyrrole nitrogens is 1. The molecule has 0 atom stereocenters. The molecule has 1 aromatic carbocycles. The van der Waals surface area contributed by atoms with Crippen molar-refractivity contribution in [1.82, 2.24) is 4.98 Å². The summed E-state index contributed by atoms with van der Waals surface area (Å²) in [4.78, 5) is 14.3. The van der Waals surface area contributed by atoms with E-state index >= 15 is 0 Å². The van der Waals surface area contributed by atoms with Crippen LogP contribution in [0.15, 0.2) is 18.2 Å². The molecule has 0 saturated carbocycles. The van der Waals surface area contributed by atoms with Crippen LogP contribution in [0.3, 0.4) is 0 Å². The van der Waals surface area contributed by atoms with E-state index in [1.165, 1.54) is 5.56 Å². The predicted molar refractivity (Wildman–Crippen MR) is 68.6 cm³/mol. The first-order valence-corrected chi connectivity index (χ1v) is 5.98. The molecule has 0 aliphatic carbocycles. The number of aromatic carboxylic acids is 1. The molecule has 0 aliphatic heterocycles. The molecule has 1 heterocycles. The van der Waals surface area contributed by atoms with Crippen molar-refractivity contribution in [2.24, 2.45) is 0 Å². The number of benzene rings is 1. The fourth-order valence-electron chi connectivity index (χ4n) is 2.26. The maximum absolute atomic E-state index is 11.1. The Morgan fingerprint density at radius 1 is 1.41 bits per heavy atom. The van der Waals surface area contributed by atoms with Gasteiger partial charge in [0.15, 0.2) is 0 Å². The van der Waals surface area contributed by atoms with Gasteiger partial charge in [-0.2, -0.15) is 0 Å². The van der Waals surface area contributed by atoms with Crippen molar-refractivity contribution in [3.05, 3.63) is 35.0 Å². The Labute approximate surface area is 100 Å². The summed E-state index contributed by atoms with van der Waals surface area (Å²) in [6.45, 7) is 4.17. The van der Waals surface area contributed by atoms with E-state index in [1.54, 1.807) is 6.07 Å². The Morgan fingerprint density at radius 2 is 2.18 bits per heavy atom. The summed E-state index contributed by atoms with van der Waals surface area (Å²) in [6, 6.07) is 5.45. The van der Waals surface area contributed by atoms with Crippen LogP contribution in [0.2, 0.25) is 0 Å². The number of nitrogens with one attached hydrogen (secondary N) is 1. The maximum Gasteiger partial charge on any atom is 0.337 e. The van der Waals surface area contributed by atoms with Gasteiger partial charge in [-0.05, 0) is 31.4 Å². The molecule has 90 valence electrons. The molecule has 3 heteroatoms. The molecule has 2 N–H and O–H groups in total. The summed E-state index contributed by atoms with van der Waals surface area (Å²) in [5.41, 5.74) is 3.45. The second kappa shape index (κ2) is 4.62. The van der Waals surface area contributed by atoms with Gasteiger partial charge in [-0.3, -0.25) is 0 Å². The minimum absolute atomic E-state index is 0.355. The predicted octanol–water partition coefficient (Wildman–Crippen LogP) is 3.52. The van der Waals surface area contributed by atoms with E-state index in [1.807, 2.05) is 19.1 Å². The van der Waals surface area contributed by atoms with E-state index in [-0.39, 0.29) is 0 Å². The topological polar surface area (TPSA) is 53.1 Å². The molecule has 0 spiro atoms. The molecule has 3 nitrogen and oxygen atoms in total. The highest BCUT2D eigenvalue weighted by molar-refractivity contribution is 6.03. The van der Waals surface area contributed by atoms with E-state index in [9.17, 15) is 4.79 Å². The van der Waals surface area contributed by atoms with E-state index in [0.29, 0.717) is 5.56 Å². The van der Waals surface area contributed by atoms with Crippen LogP contribution in [0, 0.1) is 6.92 Å². The summed E-state index contributed by atoms with van der Waals surface area (Å²) in [7, 11) is 0. The van der Waals surface area contributed by atoms with Crippen LogP contribution in [0.1, 0.15) is 41.4 Å². The SMILES string of the molecule is CCCCc1c(C)[nH]c2c(C(=O)O)cccc12. The van der Waals surface area contributed by atoms with Gasteiger partial charge < -0.3 is 10.1 Å². The largest absolute Gasteiger partial charge is 0.478 e. The highest BCUT2D eigenvalue weighted by Crippen LogP contribution is 2.26. The van der Waals surface area contributed by atoms with Crippen molar-refractivity contribution in [2.75, 3.05) is 0 Å². The molecular formula is C14H17NO2. The number of unbranched alkanes of at least 4 members (excludes halogenated alkanes) is 1. The number of aromatic amines is 1. The fourth-order valence-corrected chi connectivity index (χ4v) is 2.26. The highest BCUT2D eigenvalue weighted by atomic mass is 16.4. The lowest BCUT2D eigenvalue weighted by Gasteiger charge is -2.00. The minimum Gasteiger partial charge on any atom is -0.478 e. The van der Waals surface area contributed by atoms with Gasteiger partial charge in [-0.1, -0.05) is 25.5 Å². The molecule has 0 saturated heterocycles. The second-order valence-corrected chi connectivity index (χ2v) is 4.37. The van der Waals surface area contributed by atoms with Crippen LogP contribution < -0.4 is 0 Å². The lowest BCUT2D eigenvalue weighted by Crippen LogP contribution is -1.96. The van der Waals surface area contributed by atoms with Crippen LogP contribution in [0.25, 0.3) is 10.9 Å². The Hall–Kier alpha value is -1.77. The van der Waals surface area contributed by atoms with Gasteiger partial charge in [0.1, 0.15) is 0 Å². The highest BCUT2D eigenvalue weighted by Gasteiger charge is 2.14. The first-order valence-electron chi connectivity index (χ1n) is 5.98. The number of rotatable bonds is 4. The fraction of sp³-hybridized carbons (Fsp3) is 0.357. The van der Waals surface area contributed by atoms with Crippen LogP contribution in [-0.2, 0) is 6.42 Å². The third-order valence-electron chi connectivity index (χ3n) is 3.17. The number of carboxylic acid groups (broad SMARTS) is 1. The molecule has 0 amide bonds. The molecule has 1 aromatic heterocycles. The number of carbonyl (C=O) groups is 1. The van der Waals surface area contributed by atoms with Gasteiger partial charge in [0.2, 0.25) is 0 Å². The summed E-state index contributed by atoms with van der Waals surface area (Å²) in [5.74, 6) is -0.876. The van der Waals surface area contributed by atoms with Crippen LogP contribution >= 0.6 is 0 Å². The number of aromatic nitrogens is 1. The number of aryl methyl sites for hydroxylation is 2. The number of fused-ring (bicyclic) bond motifs is 1. The van der Waals surface area contributed by atoms with Crippen molar-refractivity contribution in [3.63, 3.8) is 0 Å². The third kappa shape index (κ3) is 2.05. The van der Waals surface area contributed by atoms with Crippen LogP contribution in [-0.4, -0.2) is 16.1 Å². The van der Waals surface area contributed by atoms with Gasteiger partial charge in [-0.15, -0.1) is 0 Å². The first-order chi connectivity index (χ1) is 8.15. The van der Waals surface area contributed by atoms with Crippen molar-refractivity contribution in [3.8, 4) is 0 Å². The van der Waals surface area contributed by atoms with Gasteiger partial charge in [-0.25, -0.2) is 4.79 Å². The van der Waals surface area contributed by atoms with E-state index in [4.69, 9.17) is 5.11 Å². The third-order valence-corrected chi connectivity index (χ3v) is 3.17. The molecule has 0 radical (unpaired) electrons. The molecule has 2 rings (SSSR count). The normalized spacial score (nSPS) is 10.9. The average molecular weight is 231 g/mol. The second-order valence-electron chi connectivity index (χ2n) is 4.37. The average Bonchev–Trinajstić information content (AvgIpc) is 2.61. The van der Waals surface area contributed by atoms with E-state index < -0.39 is 5.97 Å². The molecule has 0 unspecified atom stereocenters.